The van der Waals surface area contributed by atoms with Gasteiger partial charge in [0.1, 0.15) is 24.2 Å². The molecule has 31 heavy (non-hydrogen) atoms. The summed E-state index contributed by atoms with van der Waals surface area (Å²) in [5.74, 6) is 2.75. The minimum absolute atomic E-state index is 0.169. The fourth-order valence-corrected chi connectivity index (χ4v) is 4.66. The highest BCUT2D eigenvalue weighted by atomic mass is 32.1. The second-order valence-electron chi connectivity index (χ2n) is 7.50. The van der Waals surface area contributed by atoms with E-state index in [1.54, 1.807) is 24.6 Å². The number of morpholine rings is 1. The third kappa shape index (κ3) is 4.03. The predicted molar refractivity (Wildman–Crippen MR) is 118 cm³/mol. The van der Waals surface area contributed by atoms with Crippen LogP contribution in [0, 0.1) is 0 Å². The summed E-state index contributed by atoms with van der Waals surface area (Å²) in [5, 5.41) is 13.2. The van der Waals surface area contributed by atoms with Crippen LogP contribution in [0.15, 0.2) is 33.7 Å². The molecule has 3 aliphatic rings. The zero-order chi connectivity index (χ0) is 21.2. The van der Waals surface area contributed by atoms with E-state index in [2.05, 4.69) is 19.8 Å². The van der Waals surface area contributed by atoms with Crippen LogP contribution in [-0.4, -0.2) is 97.3 Å². The Morgan fingerprint density at radius 2 is 2.10 bits per heavy atom. The molecule has 0 bridgehead atoms. The molecule has 10 heteroatoms. The van der Waals surface area contributed by atoms with Crippen LogP contribution in [-0.2, 0) is 4.74 Å². The molecule has 0 saturated carbocycles. The quantitative estimate of drug-likeness (QED) is 0.691. The molecule has 4 heterocycles. The van der Waals surface area contributed by atoms with E-state index in [-0.39, 0.29) is 6.61 Å². The topological polar surface area (TPSA) is 92.0 Å². The maximum Gasteiger partial charge on any atom is 0.187 e. The van der Waals surface area contributed by atoms with Gasteiger partial charge < -0.3 is 24.2 Å². The Morgan fingerprint density at radius 1 is 1.23 bits per heavy atom. The molecule has 0 unspecified atom stereocenters. The molecule has 5 rings (SSSR count). The molecule has 1 aromatic carbocycles. The van der Waals surface area contributed by atoms with Crippen molar-refractivity contribution in [2.45, 2.75) is 6.10 Å². The van der Waals surface area contributed by atoms with Gasteiger partial charge in [-0.05, 0) is 12.1 Å². The molecule has 1 N–H and O–H groups in total. The number of β-amino-alcohol motifs (C(OH)–C–C–N with tert-alkyl or cyclic N) is 1. The average molecular weight is 444 g/mol. The number of ether oxygens (including phenoxy) is 3. The highest BCUT2D eigenvalue weighted by Crippen LogP contribution is 2.44. The highest BCUT2D eigenvalue weighted by molar-refractivity contribution is 7.11. The Kier molecular flexibility index (Phi) is 5.86. The Labute approximate surface area is 184 Å². The van der Waals surface area contributed by atoms with E-state index in [1.807, 2.05) is 17.5 Å². The van der Waals surface area contributed by atoms with E-state index in [4.69, 9.17) is 19.2 Å². The molecule has 2 aromatic rings. The fourth-order valence-electron chi connectivity index (χ4n) is 4.02. The number of fused-ring (bicyclic) bond motifs is 3. The first-order valence-corrected chi connectivity index (χ1v) is 11.3. The van der Waals surface area contributed by atoms with Crippen molar-refractivity contribution in [1.29, 1.82) is 0 Å². The van der Waals surface area contributed by atoms with Crippen LogP contribution >= 0.6 is 11.3 Å². The van der Waals surface area contributed by atoms with E-state index < -0.39 is 6.10 Å². The van der Waals surface area contributed by atoms with Crippen molar-refractivity contribution in [3.05, 3.63) is 34.3 Å². The predicted octanol–water partition coefficient (Wildman–Crippen LogP) is 1.38. The Balaban J connectivity index is 1.40. The van der Waals surface area contributed by atoms with Gasteiger partial charge in [-0.25, -0.2) is 9.98 Å². The molecule has 0 spiro atoms. The van der Waals surface area contributed by atoms with E-state index in [9.17, 15) is 5.11 Å². The van der Waals surface area contributed by atoms with Crippen LogP contribution in [0.3, 0.4) is 0 Å². The van der Waals surface area contributed by atoms with Gasteiger partial charge in [-0.1, -0.05) is 0 Å². The van der Waals surface area contributed by atoms with Crippen molar-refractivity contribution >= 4 is 28.7 Å². The number of nitrogens with zero attached hydrogens (tertiary/aromatic N) is 5. The van der Waals surface area contributed by atoms with Gasteiger partial charge in [0, 0.05) is 43.3 Å². The summed E-state index contributed by atoms with van der Waals surface area (Å²) in [6.07, 6.45) is 1.17. The standard InChI is InChI=1S/C21H25N5O4S/c1-28-18-16(30-13-14(27)12-25-7-9-29-10-8-25)3-2-15-17(18)24-20(21-23-5-11-31-21)26-6-4-22-19(15)26/h2-3,5,11,14,27H,4,6-10,12-13H2,1H3/t14-/m1/s1. The molecule has 0 amide bonds. The third-order valence-electron chi connectivity index (χ3n) is 5.48. The number of rotatable bonds is 7. The van der Waals surface area contributed by atoms with Gasteiger partial charge in [-0.2, -0.15) is 0 Å². The smallest absolute Gasteiger partial charge is 0.187 e. The summed E-state index contributed by atoms with van der Waals surface area (Å²) >= 11 is 1.54. The molecule has 1 saturated heterocycles. The summed E-state index contributed by atoms with van der Waals surface area (Å²) in [7, 11) is 1.61. The molecule has 164 valence electrons. The lowest BCUT2D eigenvalue weighted by molar-refractivity contribution is 0.00446. The first-order valence-electron chi connectivity index (χ1n) is 10.4. The van der Waals surface area contributed by atoms with Crippen molar-refractivity contribution < 1.29 is 19.3 Å². The van der Waals surface area contributed by atoms with Gasteiger partial charge in [0.05, 0.1) is 26.9 Å². The molecule has 3 aliphatic heterocycles. The number of aliphatic imine (C=N–C) groups is 2. The first-order chi connectivity index (χ1) is 15.2. The number of aliphatic hydroxyl groups excluding tert-OH is 1. The zero-order valence-corrected chi connectivity index (χ0v) is 18.2. The maximum absolute atomic E-state index is 10.4. The molecule has 1 fully saturated rings. The van der Waals surface area contributed by atoms with Gasteiger partial charge in [0.2, 0.25) is 0 Å². The van der Waals surface area contributed by atoms with Crippen molar-refractivity contribution in [2.75, 3.05) is 59.7 Å². The Morgan fingerprint density at radius 3 is 2.87 bits per heavy atom. The van der Waals surface area contributed by atoms with Crippen LogP contribution in [0.25, 0.3) is 0 Å². The number of hydrogen-bond acceptors (Lipinski definition) is 10. The highest BCUT2D eigenvalue weighted by Gasteiger charge is 2.34. The molecule has 0 radical (unpaired) electrons. The molecule has 0 aliphatic carbocycles. The van der Waals surface area contributed by atoms with Crippen LogP contribution in [0.4, 0.5) is 5.69 Å². The lowest BCUT2D eigenvalue weighted by Crippen LogP contribution is -2.42. The van der Waals surface area contributed by atoms with Crippen LogP contribution in [0.1, 0.15) is 10.6 Å². The summed E-state index contributed by atoms with van der Waals surface area (Å²) in [6.45, 7) is 5.27. The lowest BCUT2D eigenvalue weighted by Gasteiger charge is -2.29. The summed E-state index contributed by atoms with van der Waals surface area (Å²) in [4.78, 5) is 18.3. The summed E-state index contributed by atoms with van der Waals surface area (Å²) < 4.78 is 17.0. The first kappa shape index (κ1) is 20.4. The fraction of sp³-hybridized carbons (Fsp3) is 0.476. The normalized spacial score (nSPS) is 19.4. The van der Waals surface area contributed by atoms with Gasteiger partial charge in [-0.3, -0.25) is 9.89 Å². The molecular formula is C21H25N5O4S. The number of aliphatic hydroxyl groups is 1. The van der Waals surface area contributed by atoms with Crippen molar-refractivity contribution in [3.63, 3.8) is 0 Å². The van der Waals surface area contributed by atoms with Gasteiger partial charge in [0.15, 0.2) is 22.3 Å². The van der Waals surface area contributed by atoms with Crippen LogP contribution in [0.2, 0.25) is 0 Å². The van der Waals surface area contributed by atoms with Gasteiger partial charge >= 0.3 is 0 Å². The second kappa shape index (κ2) is 8.91. The largest absolute Gasteiger partial charge is 0.491 e. The lowest BCUT2D eigenvalue weighted by atomic mass is 10.1. The SMILES string of the molecule is COc1c(OC[C@H](O)CN2CCOCC2)ccc2c1N=C(c1nccs1)N1CCN=C21. The van der Waals surface area contributed by atoms with Crippen molar-refractivity contribution in [2.24, 2.45) is 9.98 Å². The Bertz CT molecular complexity index is 988. The summed E-state index contributed by atoms with van der Waals surface area (Å²) in [6, 6.07) is 3.82. The zero-order valence-electron chi connectivity index (χ0n) is 17.4. The number of benzene rings is 1. The van der Waals surface area contributed by atoms with Crippen molar-refractivity contribution in [3.8, 4) is 11.5 Å². The third-order valence-corrected chi connectivity index (χ3v) is 6.25. The average Bonchev–Trinajstić information content (AvgIpc) is 3.50. The Hall–Kier alpha value is -2.53. The number of amidine groups is 2. The number of hydrogen-bond donors (Lipinski definition) is 1. The minimum atomic E-state index is -0.608. The van der Waals surface area contributed by atoms with E-state index in [1.165, 1.54) is 0 Å². The van der Waals surface area contributed by atoms with E-state index >= 15 is 0 Å². The van der Waals surface area contributed by atoms with Crippen molar-refractivity contribution in [1.82, 2.24) is 14.8 Å². The summed E-state index contributed by atoms with van der Waals surface area (Å²) in [5.41, 5.74) is 1.60. The van der Waals surface area contributed by atoms with Gasteiger partial charge in [0.25, 0.3) is 0 Å². The second-order valence-corrected chi connectivity index (χ2v) is 8.40. The number of aromatic nitrogens is 1. The monoisotopic (exact) mass is 443 g/mol. The van der Waals surface area contributed by atoms with E-state index in [0.717, 1.165) is 41.9 Å². The molecular weight excluding hydrogens is 418 g/mol. The minimum Gasteiger partial charge on any atom is -0.491 e. The number of methoxy groups -OCH3 is 1. The van der Waals surface area contributed by atoms with E-state index in [0.29, 0.717) is 43.5 Å². The maximum atomic E-state index is 10.4. The number of thiazole rings is 1. The molecule has 1 atom stereocenters. The molecule has 9 nitrogen and oxygen atoms in total. The molecule has 1 aromatic heterocycles. The van der Waals surface area contributed by atoms with Crippen LogP contribution in [0.5, 0.6) is 11.5 Å². The van der Waals surface area contributed by atoms with Crippen LogP contribution < -0.4 is 9.47 Å². The van der Waals surface area contributed by atoms with Gasteiger partial charge in [-0.15, -0.1) is 11.3 Å².